The highest BCUT2D eigenvalue weighted by atomic mass is 19.1. The molecule has 0 radical (unpaired) electrons. The first-order valence-corrected chi connectivity index (χ1v) is 14.7. The number of esters is 1. The second-order valence-corrected chi connectivity index (χ2v) is 11.0. The van der Waals surface area contributed by atoms with Gasteiger partial charge in [0.05, 0.1) is 30.5 Å². The summed E-state index contributed by atoms with van der Waals surface area (Å²) < 4.78 is 19.2. The van der Waals surface area contributed by atoms with Gasteiger partial charge in [0.2, 0.25) is 11.8 Å². The predicted octanol–water partition coefficient (Wildman–Crippen LogP) is 4.33. The molecule has 0 aromatic heterocycles. The van der Waals surface area contributed by atoms with E-state index in [2.05, 4.69) is 10.6 Å². The maximum Gasteiger partial charge on any atom is 0.309 e. The molecule has 3 aromatic rings. The maximum absolute atomic E-state index is 13.5. The minimum absolute atomic E-state index is 0.0221. The van der Waals surface area contributed by atoms with E-state index in [9.17, 15) is 23.9 Å². The van der Waals surface area contributed by atoms with Gasteiger partial charge in [-0.3, -0.25) is 14.4 Å². The van der Waals surface area contributed by atoms with Crippen molar-refractivity contribution in [2.45, 2.75) is 50.6 Å². The van der Waals surface area contributed by atoms with Crippen molar-refractivity contribution in [1.29, 1.82) is 0 Å². The van der Waals surface area contributed by atoms with Gasteiger partial charge in [-0.25, -0.2) is 4.39 Å². The lowest BCUT2D eigenvalue weighted by atomic mass is 9.94. The number of benzene rings is 3. The van der Waals surface area contributed by atoms with E-state index in [0.717, 1.165) is 16.7 Å². The van der Waals surface area contributed by atoms with Crippen LogP contribution in [0.5, 0.6) is 0 Å². The topological polar surface area (TPSA) is 105 Å². The van der Waals surface area contributed by atoms with E-state index in [-0.39, 0.29) is 43.2 Å². The minimum atomic E-state index is -0.656. The highest BCUT2D eigenvalue weighted by Crippen LogP contribution is 2.19. The summed E-state index contributed by atoms with van der Waals surface area (Å²) in [6.45, 7) is -0.247. The molecule has 1 heterocycles. The zero-order valence-corrected chi connectivity index (χ0v) is 24.2. The molecule has 0 saturated carbocycles. The molecule has 3 N–H and O–H groups in total. The van der Waals surface area contributed by atoms with Gasteiger partial charge in [-0.05, 0) is 60.9 Å². The van der Waals surface area contributed by atoms with E-state index in [1.54, 1.807) is 12.1 Å². The van der Waals surface area contributed by atoms with Gasteiger partial charge < -0.3 is 20.5 Å². The molecule has 4 unspecified atom stereocenters. The van der Waals surface area contributed by atoms with Crippen LogP contribution in [-0.4, -0.2) is 48.2 Å². The van der Waals surface area contributed by atoms with Crippen molar-refractivity contribution in [3.8, 4) is 0 Å². The first-order chi connectivity index (χ1) is 20.9. The van der Waals surface area contributed by atoms with Crippen LogP contribution in [0, 0.1) is 17.7 Å². The molecular weight excluding hydrogens is 547 g/mol. The SMILES string of the molecule is O=C(CC1CC=CCC(Cc2ccc(F)cc2)C(=O)OCC(Cc2ccccc2)NC1=O)NC(CO)Cc1ccccc1. The van der Waals surface area contributed by atoms with Crippen LogP contribution in [0.15, 0.2) is 97.1 Å². The number of rotatable bonds is 10. The van der Waals surface area contributed by atoms with Crippen LogP contribution in [0.1, 0.15) is 36.0 Å². The van der Waals surface area contributed by atoms with Gasteiger partial charge in [0.25, 0.3) is 0 Å². The second kappa shape index (κ2) is 16.4. The molecule has 0 spiro atoms. The van der Waals surface area contributed by atoms with E-state index < -0.39 is 23.9 Å². The van der Waals surface area contributed by atoms with E-state index >= 15 is 0 Å². The van der Waals surface area contributed by atoms with Gasteiger partial charge in [-0.2, -0.15) is 0 Å². The predicted molar refractivity (Wildman–Crippen MR) is 162 cm³/mol. The molecule has 0 bridgehead atoms. The maximum atomic E-state index is 13.5. The summed E-state index contributed by atoms with van der Waals surface area (Å²) in [7, 11) is 0. The van der Waals surface area contributed by atoms with Crippen molar-refractivity contribution in [3.63, 3.8) is 0 Å². The van der Waals surface area contributed by atoms with Crippen LogP contribution < -0.4 is 10.6 Å². The minimum Gasteiger partial charge on any atom is -0.463 e. The molecule has 2 amide bonds. The summed E-state index contributed by atoms with van der Waals surface area (Å²) in [5.41, 5.74) is 2.78. The Kier molecular flexibility index (Phi) is 12.0. The van der Waals surface area contributed by atoms with Gasteiger partial charge in [0, 0.05) is 6.42 Å². The highest BCUT2D eigenvalue weighted by molar-refractivity contribution is 5.86. The zero-order valence-electron chi connectivity index (χ0n) is 24.2. The van der Waals surface area contributed by atoms with Crippen molar-refractivity contribution in [2.24, 2.45) is 11.8 Å². The quantitative estimate of drug-likeness (QED) is 0.242. The lowest BCUT2D eigenvalue weighted by molar-refractivity contribution is -0.150. The molecule has 0 saturated heterocycles. The molecule has 1 aliphatic heterocycles. The Labute approximate surface area is 252 Å². The molecule has 226 valence electrons. The average molecular weight is 587 g/mol. The summed E-state index contributed by atoms with van der Waals surface area (Å²) in [5, 5.41) is 15.8. The molecule has 4 atom stereocenters. The van der Waals surface area contributed by atoms with Crippen molar-refractivity contribution < 1.29 is 28.6 Å². The number of hydrogen-bond donors (Lipinski definition) is 3. The number of ether oxygens (including phenoxy) is 1. The molecule has 0 fully saturated rings. The summed E-state index contributed by atoms with van der Waals surface area (Å²) in [6, 6.07) is 24.3. The fourth-order valence-electron chi connectivity index (χ4n) is 5.21. The summed E-state index contributed by atoms with van der Waals surface area (Å²) in [5.74, 6) is -2.49. The monoisotopic (exact) mass is 586 g/mol. The molecule has 43 heavy (non-hydrogen) atoms. The van der Waals surface area contributed by atoms with Crippen molar-refractivity contribution in [3.05, 3.63) is 120 Å². The second-order valence-electron chi connectivity index (χ2n) is 11.0. The average Bonchev–Trinajstić information content (AvgIpc) is 3.01. The fraction of sp³-hybridized carbons (Fsp3) is 0.343. The number of amides is 2. The molecule has 7 nitrogen and oxygen atoms in total. The lowest BCUT2D eigenvalue weighted by Crippen LogP contribution is -2.46. The number of carbonyl (C=O) groups is 3. The smallest absolute Gasteiger partial charge is 0.309 e. The summed E-state index contributed by atoms with van der Waals surface area (Å²) in [4.78, 5) is 39.7. The van der Waals surface area contributed by atoms with Crippen LogP contribution in [0.3, 0.4) is 0 Å². The lowest BCUT2D eigenvalue weighted by Gasteiger charge is -2.25. The number of aliphatic hydroxyl groups is 1. The zero-order chi connectivity index (χ0) is 30.4. The number of hydrogen-bond acceptors (Lipinski definition) is 5. The largest absolute Gasteiger partial charge is 0.463 e. The van der Waals surface area contributed by atoms with Gasteiger partial charge in [-0.15, -0.1) is 0 Å². The Morgan fingerprint density at radius 1 is 0.860 bits per heavy atom. The normalized spacial score (nSPS) is 20.2. The van der Waals surface area contributed by atoms with Gasteiger partial charge >= 0.3 is 5.97 Å². The van der Waals surface area contributed by atoms with E-state index in [1.165, 1.54) is 12.1 Å². The van der Waals surface area contributed by atoms with E-state index in [1.807, 2.05) is 72.8 Å². The van der Waals surface area contributed by atoms with Gasteiger partial charge in [-0.1, -0.05) is 84.9 Å². The Bertz CT molecular complexity index is 1350. The molecule has 1 aliphatic rings. The number of halogens is 1. The van der Waals surface area contributed by atoms with Gasteiger partial charge in [0.15, 0.2) is 0 Å². The Morgan fingerprint density at radius 3 is 2.12 bits per heavy atom. The molecule has 0 aliphatic carbocycles. The van der Waals surface area contributed by atoms with Crippen LogP contribution >= 0.6 is 0 Å². The van der Waals surface area contributed by atoms with E-state index in [4.69, 9.17) is 4.74 Å². The van der Waals surface area contributed by atoms with Crippen LogP contribution in [0.25, 0.3) is 0 Å². The first-order valence-electron chi connectivity index (χ1n) is 14.7. The van der Waals surface area contributed by atoms with Crippen molar-refractivity contribution in [1.82, 2.24) is 10.6 Å². The molecular formula is C35H39FN2O5. The molecule has 3 aromatic carbocycles. The first kappa shape index (κ1) is 31.6. The van der Waals surface area contributed by atoms with Crippen LogP contribution in [0.4, 0.5) is 4.39 Å². The number of carbonyl (C=O) groups excluding carboxylic acids is 3. The number of nitrogens with one attached hydrogen (secondary N) is 2. The third kappa shape index (κ3) is 10.5. The Balaban J connectivity index is 1.48. The van der Waals surface area contributed by atoms with Crippen molar-refractivity contribution >= 4 is 17.8 Å². The number of cyclic esters (lactones) is 1. The third-order valence-corrected chi connectivity index (χ3v) is 7.55. The number of aliphatic hydroxyl groups excluding tert-OH is 1. The van der Waals surface area contributed by atoms with Crippen LogP contribution in [-0.2, 0) is 38.4 Å². The standard InChI is InChI=1S/C35H39FN2O5/c36-30-17-15-27(16-18-30)19-29-14-8-7-13-28(22-33(40)37-31(23-39)20-25-9-3-1-4-10-25)34(41)38-32(24-43-35(29)42)21-26-11-5-2-6-12-26/h1-12,15-18,28-29,31-32,39H,13-14,19-24H2,(H,37,40)(H,38,41). The fourth-order valence-corrected chi connectivity index (χ4v) is 5.21. The molecule has 4 rings (SSSR count). The Hall–Kier alpha value is -4.30. The van der Waals surface area contributed by atoms with Crippen LogP contribution in [0.2, 0.25) is 0 Å². The summed E-state index contributed by atoms with van der Waals surface area (Å²) in [6.07, 6.45) is 5.59. The van der Waals surface area contributed by atoms with Crippen molar-refractivity contribution in [2.75, 3.05) is 13.2 Å². The Morgan fingerprint density at radius 2 is 1.47 bits per heavy atom. The highest BCUT2D eigenvalue weighted by Gasteiger charge is 2.27. The summed E-state index contributed by atoms with van der Waals surface area (Å²) >= 11 is 0. The third-order valence-electron chi connectivity index (χ3n) is 7.55. The molecule has 8 heteroatoms. The van der Waals surface area contributed by atoms with E-state index in [0.29, 0.717) is 32.1 Å². The van der Waals surface area contributed by atoms with Gasteiger partial charge in [0.1, 0.15) is 12.4 Å². The number of allylic oxidation sites excluding steroid dienone is 2.